The van der Waals surface area contributed by atoms with Crippen molar-refractivity contribution in [2.24, 2.45) is 11.7 Å². The van der Waals surface area contributed by atoms with Crippen LogP contribution < -0.4 is 15.4 Å². The van der Waals surface area contributed by atoms with Gasteiger partial charge in [-0.15, -0.1) is 0 Å². The van der Waals surface area contributed by atoms with Crippen LogP contribution in [-0.2, 0) is 6.42 Å². The van der Waals surface area contributed by atoms with Crippen LogP contribution in [0.3, 0.4) is 0 Å². The normalized spacial score (nSPS) is 23.0. The molecule has 0 bridgehead atoms. The number of nitrogens with two attached hydrogens (primary N) is 1. The van der Waals surface area contributed by atoms with Gasteiger partial charge in [-0.3, -0.25) is 4.90 Å². The van der Waals surface area contributed by atoms with Gasteiger partial charge in [-0.25, -0.2) is 9.78 Å². The highest BCUT2D eigenvalue weighted by atomic mass is 16.5. The Balaban J connectivity index is 1.66. The monoisotopic (exact) mass is 334 g/mol. The van der Waals surface area contributed by atoms with Gasteiger partial charge in [0.05, 0.1) is 18.7 Å². The topological polar surface area (TPSA) is 92.2 Å². The molecule has 3 atom stereocenters. The molecule has 1 aromatic heterocycles. The van der Waals surface area contributed by atoms with E-state index >= 15 is 0 Å². The van der Waals surface area contributed by atoms with Crippen molar-refractivity contribution in [2.75, 3.05) is 12.0 Å². The molecule has 0 spiro atoms. The molecule has 126 valence electrons. The third-order valence-corrected chi connectivity index (χ3v) is 5.24. The second-order valence-electron chi connectivity index (χ2n) is 6.51. The third-order valence-electron chi connectivity index (χ3n) is 5.24. The fourth-order valence-corrected chi connectivity index (χ4v) is 4.05. The first kappa shape index (κ1) is 15.5. The van der Waals surface area contributed by atoms with Gasteiger partial charge in [0.25, 0.3) is 0 Å². The number of methoxy groups -OCH3 is 1. The van der Waals surface area contributed by atoms with E-state index in [-0.39, 0.29) is 12.0 Å². The summed E-state index contributed by atoms with van der Waals surface area (Å²) in [5.41, 5.74) is 8.66. The molecule has 6 heteroatoms. The fraction of sp³-hybridized carbons (Fsp3) is 0.316. The predicted octanol–water partition coefficient (Wildman–Crippen LogP) is 2.58. The van der Waals surface area contributed by atoms with Crippen molar-refractivity contribution in [3.05, 3.63) is 53.2 Å². The minimum absolute atomic E-state index is 0.0209. The Morgan fingerprint density at radius 2 is 2.24 bits per heavy atom. The van der Waals surface area contributed by atoms with E-state index < -0.39 is 6.03 Å². The Kier molecular flexibility index (Phi) is 3.57. The first-order valence-electron chi connectivity index (χ1n) is 8.25. The summed E-state index contributed by atoms with van der Waals surface area (Å²) in [6.07, 6.45) is 3.45. The quantitative estimate of drug-likeness (QED) is 0.933. The van der Waals surface area contributed by atoms with Gasteiger partial charge < -0.3 is 10.5 Å². The summed E-state index contributed by atoms with van der Waals surface area (Å²) in [4.78, 5) is 18.0. The maximum absolute atomic E-state index is 12.1. The molecular formula is C19H18N4O2. The van der Waals surface area contributed by atoms with Crippen LogP contribution in [0.25, 0.3) is 0 Å². The van der Waals surface area contributed by atoms with Crippen molar-refractivity contribution < 1.29 is 9.53 Å². The highest BCUT2D eigenvalue weighted by Crippen LogP contribution is 2.58. The SMILES string of the molecule is COc1ccc2c(c1)CC[C@@H]1C(N(C(N)=O)c3ccc(C#N)cn3)[C@H]21. The number of nitriles is 1. The molecule has 4 rings (SSSR count). The van der Waals surface area contributed by atoms with Gasteiger partial charge in [0.15, 0.2) is 0 Å². The molecule has 1 aromatic carbocycles. The lowest BCUT2D eigenvalue weighted by molar-refractivity contribution is 0.253. The van der Waals surface area contributed by atoms with E-state index in [2.05, 4.69) is 17.1 Å². The van der Waals surface area contributed by atoms with Crippen LogP contribution in [0.15, 0.2) is 36.5 Å². The number of hydrogen-bond donors (Lipinski definition) is 1. The molecule has 2 N–H and O–H groups in total. The van der Waals surface area contributed by atoms with Crippen LogP contribution in [0.4, 0.5) is 10.6 Å². The second kappa shape index (κ2) is 5.78. The zero-order valence-electron chi connectivity index (χ0n) is 13.8. The maximum Gasteiger partial charge on any atom is 0.320 e. The number of ether oxygens (including phenoxy) is 1. The molecule has 0 aliphatic heterocycles. The number of rotatable bonds is 3. The predicted molar refractivity (Wildman–Crippen MR) is 92.3 cm³/mol. The van der Waals surface area contributed by atoms with Crippen LogP contribution >= 0.6 is 0 Å². The summed E-state index contributed by atoms with van der Waals surface area (Å²) < 4.78 is 5.31. The van der Waals surface area contributed by atoms with E-state index in [1.54, 1.807) is 24.1 Å². The lowest BCUT2D eigenvalue weighted by atomic mass is 9.92. The van der Waals surface area contributed by atoms with Crippen molar-refractivity contribution in [1.29, 1.82) is 5.26 Å². The first-order chi connectivity index (χ1) is 12.1. The number of carbonyl (C=O) groups is 1. The Labute approximate surface area is 145 Å². The zero-order valence-corrected chi connectivity index (χ0v) is 13.8. The van der Waals surface area contributed by atoms with Gasteiger partial charge in [-0.05, 0) is 54.2 Å². The number of benzene rings is 1. The van der Waals surface area contributed by atoms with E-state index in [1.807, 2.05) is 12.1 Å². The number of pyridine rings is 1. The van der Waals surface area contributed by atoms with E-state index in [0.717, 1.165) is 18.6 Å². The molecule has 1 fully saturated rings. The number of fused-ring (bicyclic) bond motifs is 3. The zero-order chi connectivity index (χ0) is 17.6. The molecule has 0 saturated heterocycles. The number of urea groups is 1. The molecule has 1 unspecified atom stereocenters. The summed E-state index contributed by atoms with van der Waals surface area (Å²) >= 11 is 0. The van der Waals surface area contributed by atoms with Crippen LogP contribution in [0.2, 0.25) is 0 Å². The fourth-order valence-electron chi connectivity index (χ4n) is 4.05. The molecule has 2 aliphatic rings. The smallest absolute Gasteiger partial charge is 0.320 e. The van der Waals surface area contributed by atoms with Gasteiger partial charge in [-0.1, -0.05) is 6.07 Å². The van der Waals surface area contributed by atoms with E-state index in [0.29, 0.717) is 17.3 Å². The first-order valence-corrected chi connectivity index (χ1v) is 8.25. The number of aryl methyl sites for hydroxylation is 1. The van der Waals surface area contributed by atoms with Crippen LogP contribution in [0.1, 0.15) is 29.0 Å². The molecule has 1 saturated carbocycles. The second-order valence-corrected chi connectivity index (χ2v) is 6.51. The molecular weight excluding hydrogens is 316 g/mol. The number of anilines is 1. The van der Waals surface area contributed by atoms with Gasteiger partial charge in [0.2, 0.25) is 0 Å². The van der Waals surface area contributed by atoms with Crippen LogP contribution in [0, 0.1) is 17.2 Å². The lowest BCUT2D eigenvalue weighted by Crippen LogP contribution is -2.39. The largest absolute Gasteiger partial charge is 0.497 e. The molecule has 2 aliphatic carbocycles. The van der Waals surface area contributed by atoms with Crippen molar-refractivity contribution in [3.63, 3.8) is 0 Å². The Bertz CT molecular complexity index is 872. The van der Waals surface area contributed by atoms with Gasteiger partial charge in [0.1, 0.15) is 17.6 Å². The Morgan fingerprint density at radius 1 is 1.40 bits per heavy atom. The van der Waals surface area contributed by atoms with E-state index in [1.165, 1.54) is 17.3 Å². The minimum atomic E-state index is -0.508. The third kappa shape index (κ3) is 2.49. The number of amides is 2. The molecule has 1 heterocycles. The Morgan fingerprint density at radius 3 is 2.88 bits per heavy atom. The number of primary amides is 1. The van der Waals surface area contributed by atoms with Crippen molar-refractivity contribution in [3.8, 4) is 11.8 Å². The number of aromatic nitrogens is 1. The van der Waals surface area contributed by atoms with Crippen LogP contribution in [0.5, 0.6) is 5.75 Å². The maximum atomic E-state index is 12.1. The molecule has 6 nitrogen and oxygen atoms in total. The highest BCUT2D eigenvalue weighted by Gasteiger charge is 2.57. The summed E-state index contributed by atoms with van der Waals surface area (Å²) in [6, 6.07) is 11.0. The molecule has 25 heavy (non-hydrogen) atoms. The van der Waals surface area contributed by atoms with Crippen molar-refractivity contribution in [1.82, 2.24) is 4.98 Å². The molecule has 2 aromatic rings. The summed E-state index contributed by atoms with van der Waals surface area (Å²) in [5, 5.41) is 8.91. The number of carbonyl (C=O) groups excluding carboxylic acids is 1. The highest BCUT2D eigenvalue weighted by molar-refractivity contribution is 5.91. The van der Waals surface area contributed by atoms with Crippen molar-refractivity contribution >= 4 is 11.8 Å². The summed E-state index contributed by atoms with van der Waals surface area (Å²) in [5.74, 6) is 2.03. The number of hydrogen-bond acceptors (Lipinski definition) is 4. The minimum Gasteiger partial charge on any atom is -0.497 e. The van der Waals surface area contributed by atoms with E-state index in [4.69, 9.17) is 15.7 Å². The standard InChI is InChI=1S/C19H18N4O2/c1-25-13-4-6-14-12(8-13)3-5-15-17(14)18(15)23(19(21)24)16-7-2-11(9-20)10-22-16/h2,4,6-8,10,15,17-18H,3,5H2,1H3,(H2,21,24)/t15-,17+,18?/m0/s1. The Hall–Kier alpha value is -3.07. The van der Waals surface area contributed by atoms with Crippen molar-refractivity contribution in [2.45, 2.75) is 24.8 Å². The molecule has 2 amide bonds. The summed E-state index contributed by atoms with van der Waals surface area (Å²) in [7, 11) is 1.67. The van der Waals surface area contributed by atoms with Gasteiger partial charge in [0, 0.05) is 12.1 Å². The van der Waals surface area contributed by atoms with Gasteiger partial charge >= 0.3 is 6.03 Å². The number of nitrogens with zero attached hydrogens (tertiary/aromatic N) is 3. The molecule has 0 radical (unpaired) electrons. The average molecular weight is 334 g/mol. The average Bonchev–Trinajstić information content (AvgIpc) is 3.36. The van der Waals surface area contributed by atoms with Crippen LogP contribution in [-0.4, -0.2) is 24.2 Å². The van der Waals surface area contributed by atoms with Gasteiger partial charge in [-0.2, -0.15) is 5.26 Å². The summed E-state index contributed by atoms with van der Waals surface area (Å²) in [6.45, 7) is 0. The van der Waals surface area contributed by atoms with E-state index in [9.17, 15) is 4.79 Å². The lowest BCUT2D eigenvalue weighted by Gasteiger charge is -2.20.